The van der Waals surface area contributed by atoms with Gasteiger partial charge in [0.05, 0.1) is 0 Å². The van der Waals surface area contributed by atoms with Crippen molar-refractivity contribution in [2.75, 3.05) is 0 Å². The van der Waals surface area contributed by atoms with Gasteiger partial charge in [0.15, 0.2) is 0 Å². The third-order valence-electron chi connectivity index (χ3n) is 3.94. The zero-order valence-electron chi connectivity index (χ0n) is 12.9. The Morgan fingerprint density at radius 3 is 2.62 bits per heavy atom. The van der Waals surface area contributed by atoms with Crippen LogP contribution < -0.4 is 4.74 Å². The summed E-state index contributed by atoms with van der Waals surface area (Å²) in [6, 6.07) is 14.8. The molecule has 3 aromatic rings. The fraction of sp³-hybridized carbons (Fsp3) is 0.263. The molecule has 3 rings (SSSR count). The lowest BCUT2D eigenvalue weighted by Crippen LogP contribution is -1.96. The van der Waals surface area contributed by atoms with Gasteiger partial charge < -0.3 is 9.30 Å². The van der Waals surface area contributed by atoms with Gasteiger partial charge in [-0.15, -0.1) is 0 Å². The Kier molecular flexibility index (Phi) is 3.70. The molecule has 0 aliphatic carbocycles. The summed E-state index contributed by atoms with van der Waals surface area (Å²) in [6.45, 7) is 7.97. The topological polar surface area (TPSA) is 14.2 Å². The fourth-order valence-corrected chi connectivity index (χ4v) is 2.74. The summed E-state index contributed by atoms with van der Waals surface area (Å²) in [6.07, 6.45) is 2.21. The van der Waals surface area contributed by atoms with Crippen molar-refractivity contribution in [1.82, 2.24) is 4.57 Å². The van der Waals surface area contributed by atoms with Crippen LogP contribution >= 0.6 is 0 Å². The zero-order chi connectivity index (χ0) is 14.8. The van der Waals surface area contributed by atoms with E-state index in [0.29, 0.717) is 6.61 Å². The third kappa shape index (κ3) is 2.66. The molecule has 2 aromatic carbocycles. The van der Waals surface area contributed by atoms with Gasteiger partial charge >= 0.3 is 0 Å². The Labute approximate surface area is 126 Å². The van der Waals surface area contributed by atoms with Gasteiger partial charge in [-0.05, 0) is 44.5 Å². The van der Waals surface area contributed by atoms with E-state index in [1.165, 1.54) is 27.6 Å². The highest BCUT2D eigenvalue weighted by Gasteiger charge is 2.09. The largest absolute Gasteiger partial charge is 0.489 e. The van der Waals surface area contributed by atoms with Crippen LogP contribution in [-0.2, 0) is 13.2 Å². The first-order valence-electron chi connectivity index (χ1n) is 7.46. The molecule has 0 aliphatic rings. The molecule has 0 saturated carbocycles. The first kappa shape index (κ1) is 13.7. The maximum atomic E-state index is 6.02. The van der Waals surface area contributed by atoms with E-state index in [-0.39, 0.29) is 0 Å². The third-order valence-corrected chi connectivity index (χ3v) is 3.94. The Bertz CT molecular complexity index is 770. The fourth-order valence-electron chi connectivity index (χ4n) is 2.74. The van der Waals surface area contributed by atoms with Crippen LogP contribution in [0, 0.1) is 13.8 Å². The van der Waals surface area contributed by atoms with Crippen LogP contribution in [0.15, 0.2) is 48.7 Å². The van der Waals surface area contributed by atoms with Gasteiger partial charge in [0.2, 0.25) is 0 Å². The molecule has 2 nitrogen and oxygen atoms in total. The molecule has 1 heterocycles. The Hall–Kier alpha value is -2.22. The highest BCUT2D eigenvalue weighted by atomic mass is 16.5. The van der Waals surface area contributed by atoms with E-state index in [1.54, 1.807) is 0 Å². The van der Waals surface area contributed by atoms with E-state index in [9.17, 15) is 0 Å². The summed E-state index contributed by atoms with van der Waals surface area (Å²) in [7, 11) is 0. The van der Waals surface area contributed by atoms with Gasteiger partial charge in [0.25, 0.3) is 0 Å². The van der Waals surface area contributed by atoms with Crippen molar-refractivity contribution in [2.24, 2.45) is 0 Å². The number of rotatable bonds is 4. The first-order chi connectivity index (χ1) is 10.2. The number of benzene rings is 2. The molecule has 0 spiro atoms. The summed E-state index contributed by atoms with van der Waals surface area (Å²) < 4.78 is 8.30. The van der Waals surface area contributed by atoms with Gasteiger partial charge in [-0.2, -0.15) is 0 Å². The molecule has 2 heteroatoms. The standard InChI is InChI=1S/C19H21NO/c1-4-20-12-16(17-11-14(2)9-10-18(17)20)13-21-19-8-6-5-7-15(19)3/h5-12H,4,13H2,1-3H3. The quantitative estimate of drug-likeness (QED) is 0.665. The van der Waals surface area contributed by atoms with Crippen molar-refractivity contribution < 1.29 is 4.74 Å². The summed E-state index contributed by atoms with van der Waals surface area (Å²) in [4.78, 5) is 0. The summed E-state index contributed by atoms with van der Waals surface area (Å²) in [5.74, 6) is 0.961. The normalized spacial score (nSPS) is 11.0. The van der Waals surface area contributed by atoms with Gasteiger partial charge in [0, 0.05) is 29.2 Å². The maximum Gasteiger partial charge on any atom is 0.122 e. The highest BCUT2D eigenvalue weighted by molar-refractivity contribution is 5.84. The van der Waals surface area contributed by atoms with Crippen molar-refractivity contribution in [3.8, 4) is 5.75 Å². The molecule has 1 aromatic heterocycles. The van der Waals surface area contributed by atoms with Gasteiger partial charge in [-0.3, -0.25) is 0 Å². The average molecular weight is 279 g/mol. The summed E-state index contributed by atoms with van der Waals surface area (Å²) in [5, 5.41) is 1.30. The smallest absolute Gasteiger partial charge is 0.122 e. The second kappa shape index (κ2) is 5.65. The molecular weight excluding hydrogens is 258 g/mol. The van der Waals surface area contributed by atoms with Crippen molar-refractivity contribution in [3.63, 3.8) is 0 Å². The molecule has 21 heavy (non-hydrogen) atoms. The average Bonchev–Trinajstić information content (AvgIpc) is 2.83. The number of aryl methyl sites for hydroxylation is 3. The monoisotopic (exact) mass is 279 g/mol. The van der Waals surface area contributed by atoms with E-state index < -0.39 is 0 Å². The number of fused-ring (bicyclic) bond motifs is 1. The molecule has 0 saturated heterocycles. The van der Waals surface area contributed by atoms with E-state index >= 15 is 0 Å². The number of aromatic nitrogens is 1. The van der Waals surface area contributed by atoms with Crippen LogP contribution in [0.5, 0.6) is 5.75 Å². The summed E-state index contributed by atoms with van der Waals surface area (Å²) in [5.41, 5.74) is 4.99. The molecule has 108 valence electrons. The maximum absolute atomic E-state index is 6.02. The van der Waals surface area contributed by atoms with Gasteiger partial charge in [0.1, 0.15) is 12.4 Å². The lowest BCUT2D eigenvalue weighted by Gasteiger charge is -2.08. The molecule has 0 aliphatic heterocycles. The Morgan fingerprint density at radius 2 is 1.86 bits per heavy atom. The van der Waals surface area contributed by atoms with Crippen LogP contribution in [-0.4, -0.2) is 4.57 Å². The van der Waals surface area contributed by atoms with Crippen LogP contribution in [0.4, 0.5) is 0 Å². The van der Waals surface area contributed by atoms with E-state index in [0.717, 1.165) is 12.3 Å². The lowest BCUT2D eigenvalue weighted by atomic mass is 10.1. The van der Waals surface area contributed by atoms with E-state index in [4.69, 9.17) is 4.74 Å². The molecule has 0 radical (unpaired) electrons. The zero-order valence-corrected chi connectivity index (χ0v) is 12.9. The van der Waals surface area contributed by atoms with Crippen molar-refractivity contribution in [3.05, 3.63) is 65.4 Å². The van der Waals surface area contributed by atoms with Crippen molar-refractivity contribution >= 4 is 10.9 Å². The number of hydrogen-bond acceptors (Lipinski definition) is 1. The summed E-state index contributed by atoms with van der Waals surface area (Å²) >= 11 is 0. The predicted octanol–water partition coefficient (Wildman–Crippen LogP) is 4.86. The van der Waals surface area contributed by atoms with Crippen LogP contribution in [0.1, 0.15) is 23.6 Å². The first-order valence-corrected chi connectivity index (χ1v) is 7.46. The van der Waals surface area contributed by atoms with Gasteiger partial charge in [-0.25, -0.2) is 0 Å². The molecule has 0 fully saturated rings. The number of ether oxygens (including phenoxy) is 1. The predicted molar refractivity (Wildman–Crippen MR) is 87.9 cm³/mol. The highest BCUT2D eigenvalue weighted by Crippen LogP contribution is 2.25. The van der Waals surface area contributed by atoms with E-state index in [2.05, 4.69) is 55.8 Å². The van der Waals surface area contributed by atoms with Crippen molar-refractivity contribution in [1.29, 1.82) is 0 Å². The molecule has 0 unspecified atom stereocenters. The Balaban J connectivity index is 1.93. The Morgan fingerprint density at radius 1 is 1.05 bits per heavy atom. The second-order valence-electron chi connectivity index (χ2n) is 5.52. The molecule has 0 bridgehead atoms. The lowest BCUT2D eigenvalue weighted by molar-refractivity contribution is 0.305. The molecule has 0 atom stereocenters. The SMILES string of the molecule is CCn1cc(COc2ccccc2C)c2cc(C)ccc21. The molecule has 0 amide bonds. The molecular formula is C19H21NO. The van der Waals surface area contributed by atoms with Crippen molar-refractivity contribution in [2.45, 2.75) is 33.9 Å². The minimum absolute atomic E-state index is 0.609. The minimum Gasteiger partial charge on any atom is -0.489 e. The minimum atomic E-state index is 0.609. The van der Waals surface area contributed by atoms with Gasteiger partial charge in [-0.1, -0.05) is 29.8 Å². The molecule has 0 N–H and O–H groups in total. The van der Waals surface area contributed by atoms with Crippen LogP contribution in [0.25, 0.3) is 10.9 Å². The van der Waals surface area contributed by atoms with Crippen LogP contribution in [0.2, 0.25) is 0 Å². The number of para-hydroxylation sites is 1. The number of hydrogen-bond donors (Lipinski definition) is 0. The van der Waals surface area contributed by atoms with E-state index in [1.807, 2.05) is 18.2 Å². The number of nitrogens with zero attached hydrogens (tertiary/aromatic N) is 1. The second-order valence-corrected chi connectivity index (χ2v) is 5.52. The van der Waals surface area contributed by atoms with Crippen LogP contribution in [0.3, 0.4) is 0 Å².